The fourth-order valence-corrected chi connectivity index (χ4v) is 4.40. The van der Waals surface area contributed by atoms with Gasteiger partial charge in [-0.2, -0.15) is 0 Å². The first kappa shape index (κ1) is 24.8. The van der Waals surface area contributed by atoms with Crippen molar-refractivity contribution < 1.29 is 9.32 Å². The molecule has 1 amide bonds. The van der Waals surface area contributed by atoms with Gasteiger partial charge in [0.05, 0.1) is 5.39 Å². The van der Waals surface area contributed by atoms with Gasteiger partial charge in [0.25, 0.3) is 5.56 Å². The summed E-state index contributed by atoms with van der Waals surface area (Å²) in [7, 11) is 0. The predicted molar refractivity (Wildman–Crippen MR) is 147 cm³/mol. The molecular formula is C29H28N6O3. The molecule has 4 N–H and O–H groups in total. The van der Waals surface area contributed by atoms with Crippen molar-refractivity contribution in [3.8, 4) is 0 Å². The van der Waals surface area contributed by atoms with E-state index in [4.69, 9.17) is 10.3 Å². The highest BCUT2D eigenvalue weighted by atomic mass is 16.5. The van der Waals surface area contributed by atoms with Crippen molar-refractivity contribution in [1.82, 2.24) is 20.0 Å². The lowest BCUT2D eigenvalue weighted by Crippen LogP contribution is -2.35. The molecular weight excluding hydrogens is 480 g/mol. The number of anilines is 2. The molecule has 0 aliphatic heterocycles. The van der Waals surface area contributed by atoms with Gasteiger partial charge in [-0.05, 0) is 35.7 Å². The smallest absolute Gasteiger partial charge is 0.293 e. The Morgan fingerprint density at radius 1 is 1.03 bits per heavy atom. The van der Waals surface area contributed by atoms with Crippen molar-refractivity contribution >= 4 is 28.5 Å². The summed E-state index contributed by atoms with van der Waals surface area (Å²) in [5.41, 5.74) is 9.64. The minimum absolute atomic E-state index is 0.0219. The third-order valence-electron chi connectivity index (χ3n) is 6.49. The molecule has 2 heterocycles. The van der Waals surface area contributed by atoms with Crippen LogP contribution in [0.3, 0.4) is 0 Å². The highest BCUT2D eigenvalue weighted by Crippen LogP contribution is 2.24. The van der Waals surface area contributed by atoms with E-state index in [0.717, 1.165) is 22.1 Å². The Labute approximate surface area is 219 Å². The van der Waals surface area contributed by atoms with E-state index in [1.807, 2.05) is 42.5 Å². The van der Waals surface area contributed by atoms with Crippen molar-refractivity contribution in [1.29, 1.82) is 0 Å². The van der Waals surface area contributed by atoms with Crippen LogP contribution < -0.4 is 21.9 Å². The number of hydrogen-bond donors (Lipinski definition) is 3. The molecule has 0 saturated carbocycles. The van der Waals surface area contributed by atoms with Crippen LogP contribution in [0.4, 0.5) is 11.6 Å². The molecule has 5 aromatic rings. The van der Waals surface area contributed by atoms with Gasteiger partial charge < -0.3 is 20.9 Å². The number of nitrogens with two attached hydrogens (primary N) is 1. The lowest BCUT2D eigenvalue weighted by molar-refractivity contribution is -0.121. The lowest BCUT2D eigenvalue weighted by Gasteiger charge is -2.19. The molecule has 0 aliphatic carbocycles. The van der Waals surface area contributed by atoms with Gasteiger partial charge in [-0.15, -0.1) is 0 Å². The number of nitrogens with one attached hydrogen (secondary N) is 2. The fourth-order valence-electron chi connectivity index (χ4n) is 4.40. The second kappa shape index (κ2) is 11.0. The molecule has 0 saturated heterocycles. The molecule has 0 radical (unpaired) electrons. The maximum Gasteiger partial charge on any atom is 0.293 e. The summed E-state index contributed by atoms with van der Waals surface area (Å²) >= 11 is 0. The zero-order valence-corrected chi connectivity index (χ0v) is 20.9. The number of aryl methyl sites for hydroxylation is 1. The number of benzene rings is 3. The van der Waals surface area contributed by atoms with Crippen LogP contribution in [0.25, 0.3) is 11.0 Å². The van der Waals surface area contributed by atoms with E-state index < -0.39 is 0 Å². The van der Waals surface area contributed by atoms with E-state index in [1.165, 1.54) is 4.57 Å². The van der Waals surface area contributed by atoms with Crippen LogP contribution in [0.5, 0.6) is 0 Å². The number of carbonyl (C=O) groups is 1. The second-order valence-corrected chi connectivity index (χ2v) is 9.07. The van der Waals surface area contributed by atoms with E-state index in [-0.39, 0.29) is 36.3 Å². The molecule has 5 rings (SSSR count). The maximum absolute atomic E-state index is 13.3. The first-order valence-corrected chi connectivity index (χ1v) is 12.3. The maximum atomic E-state index is 13.3. The molecule has 9 nitrogen and oxygen atoms in total. The standard InChI is InChI=1S/C29H28N6O3/c1-19-15-32-28(33-17-24(21-8-4-2-5-9-21)22-10-6-3-7-11-22)29(37)35(19)18-26(36)31-16-20-12-13-23-25(14-20)38-34-27(23)30/h2-15,24H,16-18H2,1H3,(H2,30,34)(H,31,36)(H,32,33). The Morgan fingerprint density at radius 3 is 2.39 bits per heavy atom. The van der Waals surface area contributed by atoms with E-state index in [0.29, 0.717) is 23.6 Å². The molecule has 0 unspecified atom stereocenters. The number of aromatic nitrogens is 3. The second-order valence-electron chi connectivity index (χ2n) is 9.07. The Bertz CT molecular complexity index is 1570. The number of amides is 1. The third-order valence-corrected chi connectivity index (χ3v) is 6.49. The normalized spacial score (nSPS) is 11.1. The van der Waals surface area contributed by atoms with Crippen molar-refractivity contribution in [3.63, 3.8) is 0 Å². The molecule has 192 valence electrons. The van der Waals surface area contributed by atoms with Gasteiger partial charge in [0, 0.05) is 30.9 Å². The van der Waals surface area contributed by atoms with Gasteiger partial charge in [-0.3, -0.25) is 14.2 Å². The minimum Gasteiger partial charge on any atom is -0.380 e. The van der Waals surface area contributed by atoms with Crippen LogP contribution in [0, 0.1) is 6.92 Å². The summed E-state index contributed by atoms with van der Waals surface area (Å²) in [6.07, 6.45) is 1.60. The van der Waals surface area contributed by atoms with Crippen molar-refractivity contribution in [2.75, 3.05) is 17.6 Å². The minimum atomic E-state index is -0.349. The van der Waals surface area contributed by atoms with Crippen LogP contribution in [0.2, 0.25) is 0 Å². The summed E-state index contributed by atoms with van der Waals surface area (Å²) in [6, 6.07) is 25.7. The van der Waals surface area contributed by atoms with Crippen molar-refractivity contribution in [3.05, 3.63) is 118 Å². The molecule has 0 aliphatic rings. The number of carbonyl (C=O) groups excluding carboxylic acids is 1. The Balaban J connectivity index is 1.28. The predicted octanol–water partition coefficient (Wildman–Crippen LogP) is 3.84. The zero-order valence-electron chi connectivity index (χ0n) is 20.9. The molecule has 0 spiro atoms. The van der Waals surface area contributed by atoms with Gasteiger partial charge >= 0.3 is 0 Å². The van der Waals surface area contributed by atoms with Gasteiger partial charge in [-0.25, -0.2) is 4.98 Å². The number of nitrogens with zero attached hydrogens (tertiary/aromatic N) is 3. The summed E-state index contributed by atoms with van der Waals surface area (Å²) < 4.78 is 6.61. The molecule has 9 heteroatoms. The molecule has 2 aromatic heterocycles. The fraction of sp³-hybridized carbons (Fsp3) is 0.172. The van der Waals surface area contributed by atoms with E-state index >= 15 is 0 Å². The van der Waals surface area contributed by atoms with Crippen LogP contribution in [0.1, 0.15) is 28.3 Å². The van der Waals surface area contributed by atoms with Crippen molar-refractivity contribution in [2.45, 2.75) is 25.9 Å². The number of hydrogen-bond acceptors (Lipinski definition) is 7. The summed E-state index contributed by atoms with van der Waals surface area (Å²) in [4.78, 5) is 30.3. The SMILES string of the molecule is Cc1cnc(NCC(c2ccccc2)c2ccccc2)c(=O)n1CC(=O)NCc1ccc2c(N)noc2c1. The van der Waals surface area contributed by atoms with Crippen LogP contribution in [-0.2, 0) is 17.9 Å². The van der Waals surface area contributed by atoms with E-state index in [9.17, 15) is 9.59 Å². The molecule has 0 bridgehead atoms. The topological polar surface area (TPSA) is 128 Å². The number of rotatable bonds is 9. The van der Waals surface area contributed by atoms with Gasteiger partial charge in [0.15, 0.2) is 17.2 Å². The summed E-state index contributed by atoms with van der Waals surface area (Å²) in [5, 5.41) is 10.5. The Morgan fingerprint density at radius 2 is 1.71 bits per heavy atom. The molecule has 0 fully saturated rings. The summed E-state index contributed by atoms with van der Waals surface area (Å²) in [5.74, 6) is 0.254. The summed E-state index contributed by atoms with van der Waals surface area (Å²) in [6.45, 7) is 2.37. The highest BCUT2D eigenvalue weighted by Gasteiger charge is 2.17. The zero-order chi connectivity index (χ0) is 26.5. The number of nitrogen functional groups attached to an aromatic ring is 1. The Kier molecular flexibility index (Phi) is 7.17. The largest absolute Gasteiger partial charge is 0.380 e. The van der Waals surface area contributed by atoms with Crippen LogP contribution >= 0.6 is 0 Å². The average Bonchev–Trinajstić information content (AvgIpc) is 3.32. The lowest BCUT2D eigenvalue weighted by atomic mass is 9.91. The quantitative estimate of drug-likeness (QED) is 0.276. The van der Waals surface area contributed by atoms with Crippen LogP contribution in [-0.4, -0.2) is 27.2 Å². The van der Waals surface area contributed by atoms with E-state index in [2.05, 4.69) is 45.0 Å². The molecule has 0 atom stereocenters. The highest BCUT2D eigenvalue weighted by molar-refractivity contribution is 5.87. The van der Waals surface area contributed by atoms with Crippen LogP contribution in [0.15, 0.2) is 94.4 Å². The molecule has 3 aromatic carbocycles. The number of fused-ring (bicyclic) bond motifs is 1. The van der Waals surface area contributed by atoms with Gasteiger partial charge in [0.1, 0.15) is 6.54 Å². The monoisotopic (exact) mass is 508 g/mol. The first-order chi connectivity index (χ1) is 18.5. The third kappa shape index (κ3) is 5.41. The van der Waals surface area contributed by atoms with Crippen molar-refractivity contribution in [2.24, 2.45) is 0 Å². The average molecular weight is 509 g/mol. The van der Waals surface area contributed by atoms with E-state index in [1.54, 1.807) is 25.3 Å². The first-order valence-electron chi connectivity index (χ1n) is 12.3. The Hall–Kier alpha value is -4.92. The van der Waals surface area contributed by atoms with Gasteiger partial charge in [0.2, 0.25) is 5.91 Å². The molecule has 38 heavy (non-hydrogen) atoms. The van der Waals surface area contributed by atoms with Gasteiger partial charge in [-0.1, -0.05) is 71.9 Å².